The Balaban J connectivity index is 1.92. The normalized spacial score (nSPS) is 35.8. The Morgan fingerprint density at radius 2 is 1.92 bits per heavy atom. The molecule has 2 rings (SSSR count). The summed E-state index contributed by atoms with van der Waals surface area (Å²) in [7, 11) is 0. The molecule has 0 radical (unpaired) electrons. The lowest BCUT2D eigenvalue weighted by Crippen LogP contribution is -2.47. The number of aliphatic hydroxyl groups is 1. The van der Waals surface area contributed by atoms with Gasteiger partial charge in [0.1, 0.15) is 6.10 Å². The summed E-state index contributed by atoms with van der Waals surface area (Å²) in [6.45, 7) is 5.63. The van der Waals surface area contributed by atoms with E-state index in [2.05, 4.69) is 13.8 Å². The molecule has 2 fully saturated rings. The van der Waals surface area contributed by atoms with Gasteiger partial charge in [0.25, 0.3) is 0 Å². The van der Waals surface area contributed by atoms with Crippen molar-refractivity contribution in [3.8, 4) is 0 Å². The Bertz CT molecular complexity index is 185. The van der Waals surface area contributed by atoms with Gasteiger partial charge in [0.15, 0.2) is 6.29 Å². The van der Waals surface area contributed by atoms with Crippen LogP contribution < -0.4 is 0 Å². The molecule has 2 atom stereocenters. The van der Waals surface area contributed by atoms with Crippen molar-refractivity contribution in [1.29, 1.82) is 0 Å². The molecule has 3 nitrogen and oxygen atoms in total. The molecule has 0 aromatic carbocycles. The number of aliphatic hydroxyl groups excluding tert-OH is 1. The van der Waals surface area contributed by atoms with E-state index in [4.69, 9.17) is 9.47 Å². The molecule has 2 aliphatic rings. The number of ether oxygens (including phenoxy) is 2. The Hall–Kier alpha value is -0.120. The Kier molecular flexibility index (Phi) is 2.34. The van der Waals surface area contributed by atoms with E-state index in [-0.39, 0.29) is 11.7 Å². The van der Waals surface area contributed by atoms with Gasteiger partial charge >= 0.3 is 0 Å². The average molecular weight is 186 g/mol. The van der Waals surface area contributed by atoms with Crippen LogP contribution in [0.3, 0.4) is 0 Å². The van der Waals surface area contributed by atoms with Gasteiger partial charge in [-0.25, -0.2) is 0 Å². The van der Waals surface area contributed by atoms with Crippen molar-refractivity contribution >= 4 is 0 Å². The Morgan fingerprint density at radius 1 is 1.31 bits per heavy atom. The van der Waals surface area contributed by atoms with Crippen LogP contribution in [-0.2, 0) is 9.47 Å². The first-order chi connectivity index (χ1) is 6.11. The quantitative estimate of drug-likeness (QED) is 0.703. The van der Waals surface area contributed by atoms with Crippen LogP contribution in [0.25, 0.3) is 0 Å². The highest BCUT2D eigenvalue weighted by molar-refractivity contribution is 4.94. The van der Waals surface area contributed by atoms with Gasteiger partial charge in [-0.3, -0.25) is 0 Å². The van der Waals surface area contributed by atoms with E-state index in [1.165, 1.54) is 6.42 Å². The maximum atomic E-state index is 9.95. The first-order valence-electron chi connectivity index (χ1n) is 5.02. The molecule has 1 saturated carbocycles. The molecule has 0 aromatic heterocycles. The fourth-order valence-electron chi connectivity index (χ4n) is 2.28. The topological polar surface area (TPSA) is 38.7 Å². The molecule has 76 valence electrons. The lowest BCUT2D eigenvalue weighted by molar-refractivity contribution is -0.174. The van der Waals surface area contributed by atoms with Crippen molar-refractivity contribution in [2.75, 3.05) is 13.2 Å². The fourth-order valence-corrected chi connectivity index (χ4v) is 2.28. The van der Waals surface area contributed by atoms with Gasteiger partial charge in [0, 0.05) is 0 Å². The minimum atomic E-state index is -0.439. The molecule has 0 amide bonds. The predicted octanol–water partition coefficient (Wildman–Crippen LogP) is 1.16. The zero-order valence-electron chi connectivity index (χ0n) is 8.32. The van der Waals surface area contributed by atoms with E-state index < -0.39 is 6.10 Å². The maximum Gasteiger partial charge on any atom is 0.183 e. The van der Waals surface area contributed by atoms with Gasteiger partial charge in [-0.05, 0) is 24.2 Å². The predicted molar refractivity (Wildman–Crippen MR) is 48.2 cm³/mol. The largest absolute Gasteiger partial charge is 0.388 e. The summed E-state index contributed by atoms with van der Waals surface area (Å²) in [5.41, 5.74) is 0.259. The van der Waals surface area contributed by atoms with E-state index in [9.17, 15) is 5.11 Å². The third-order valence-electron chi connectivity index (χ3n) is 3.44. The molecule has 1 aliphatic carbocycles. The van der Waals surface area contributed by atoms with Crippen molar-refractivity contribution in [2.45, 2.75) is 39.1 Å². The maximum absolute atomic E-state index is 9.95. The summed E-state index contributed by atoms with van der Waals surface area (Å²) < 4.78 is 10.6. The van der Waals surface area contributed by atoms with Crippen LogP contribution in [0.2, 0.25) is 0 Å². The molecule has 0 spiro atoms. The third-order valence-corrected chi connectivity index (χ3v) is 3.44. The van der Waals surface area contributed by atoms with Crippen LogP contribution in [0, 0.1) is 11.3 Å². The van der Waals surface area contributed by atoms with E-state index in [1.807, 2.05) is 0 Å². The zero-order valence-corrected chi connectivity index (χ0v) is 8.32. The van der Waals surface area contributed by atoms with E-state index in [0.717, 1.165) is 6.42 Å². The number of rotatable bonds is 2. The summed E-state index contributed by atoms with van der Waals surface area (Å²) in [6, 6.07) is 0. The molecular formula is C10H18O3. The molecule has 1 saturated heterocycles. The highest BCUT2D eigenvalue weighted by Gasteiger charge is 2.46. The van der Waals surface area contributed by atoms with Gasteiger partial charge < -0.3 is 14.6 Å². The van der Waals surface area contributed by atoms with Gasteiger partial charge in [0.05, 0.1) is 13.2 Å². The van der Waals surface area contributed by atoms with Crippen LogP contribution in [0.1, 0.15) is 26.7 Å². The second-order valence-electron chi connectivity index (χ2n) is 4.73. The first-order valence-corrected chi connectivity index (χ1v) is 5.02. The van der Waals surface area contributed by atoms with Crippen LogP contribution >= 0.6 is 0 Å². The monoisotopic (exact) mass is 186 g/mol. The minimum Gasteiger partial charge on any atom is -0.388 e. The summed E-state index contributed by atoms with van der Waals surface area (Å²) in [4.78, 5) is 0. The Morgan fingerprint density at radius 3 is 2.31 bits per heavy atom. The highest BCUT2D eigenvalue weighted by atomic mass is 16.7. The second kappa shape index (κ2) is 3.23. The smallest absolute Gasteiger partial charge is 0.183 e. The molecule has 1 aliphatic heterocycles. The van der Waals surface area contributed by atoms with Gasteiger partial charge in [-0.1, -0.05) is 13.8 Å². The molecule has 0 unspecified atom stereocenters. The average Bonchev–Trinajstić information content (AvgIpc) is 2.54. The molecule has 0 bridgehead atoms. The lowest BCUT2D eigenvalue weighted by Gasteiger charge is -2.47. The van der Waals surface area contributed by atoms with Crippen LogP contribution in [0.5, 0.6) is 0 Å². The first kappa shape index (κ1) is 9.44. The van der Waals surface area contributed by atoms with Crippen LogP contribution in [0.4, 0.5) is 0 Å². The minimum absolute atomic E-state index is 0.259. The van der Waals surface area contributed by atoms with Crippen molar-refractivity contribution in [1.82, 2.24) is 0 Å². The molecule has 13 heavy (non-hydrogen) atoms. The standard InChI is InChI=1S/C10H18O3/c1-10(2)4-3-7(10)8(11)9-12-5-6-13-9/h7-9,11H,3-6H2,1-2H3/t7-,8+/m1/s1. The van der Waals surface area contributed by atoms with Gasteiger partial charge in [0.2, 0.25) is 0 Å². The summed E-state index contributed by atoms with van der Waals surface area (Å²) in [5.74, 6) is 0.343. The fraction of sp³-hybridized carbons (Fsp3) is 1.00. The second-order valence-corrected chi connectivity index (χ2v) is 4.73. The van der Waals surface area contributed by atoms with Crippen molar-refractivity contribution < 1.29 is 14.6 Å². The zero-order chi connectivity index (χ0) is 9.47. The molecule has 3 heteroatoms. The van der Waals surface area contributed by atoms with E-state index >= 15 is 0 Å². The van der Waals surface area contributed by atoms with E-state index in [0.29, 0.717) is 19.1 Å². The highest BCUT2D eigenvalue weighted by Crippen LogP contribution is 2.48. The summed E-state index contributed by atoms with van der Waals surface area (Å²) >= 11 is 0. The van der Waals surface area contributed by atoms with Crippen molar-refractivity contribution in [2.24, 2.45) is 11.3 Å². The number of hydrogen-bond donors (Lipinski definition) is 1. The van der Waals surface area contributed by atoms with Crippen molar-refractivity contribution in [3.63, 3.8) is 0 Å². The summed E-state index contributed by atoms with van der Waals surface area (Å²) in [5, 5.41) is 9.95. The Labute approximate surface area is 79.0 Å². The molecular weight excluding hydrogens is 168 g/mol. The van der Waals surface area contributed by atoms with E-state index in [1.54, 1.807) is 0 Å². The van der Waals surface area contributed by atoms with Gasteiger partial charge in [-0.2, -0.15) is 0 Å². The molecule has 1 heterocycles. The van der Waals surface area contributed by atoms with Crippen LogP contribution in [0.15, 0.2) is 0 Å². The number of hydrogen-bond acceptors (Lipinski definition) is 3. The molecule has 1 N–H and O–H groups in total. The van der Waals surface area contributed by atoms with Crippen LogP contribution in [-0.4, -0.2) is 30.7 Å². The van der Waals surface area contributed by atoms with Crippen molar-refractivity contribution in [3.05, 3.63) is 0 Å². The lowest BCUT2D eigenvalue weighted by atomic mass is 9.60. The molecule has 0 aromatic rings. The summed E-state index contributed by atoms with van der Waals surface area (Å²) in [6.07, 6.45) is 1.48. The van der Waals surface area contributed by atoms with Gasteiger partial charge in [-0.15, -0.1) is 0 Å². The third kappa shape index (κ3) is 1.60. The SMILES string of the molecule is CC1(C)CC[C@@H]1[C@H](O)C1OCCO1.